The first-order chi connectivity index (χ1) is 34.5. The molecule has 0 spiro atoms. The lowest BCUT2D eigenvalue weighted by Gasteiger charge is -2.36. The molecule has 3 aromatic heterocycles. The summed E-state index contributed by atoms with van der Waals surface area (Å²) in [4.78, 5) is 2.08. The zero-order chi connectivity index (χ0) is 46.2. The number of allylic oxidation sites excluding steroid dienone is 4. The number of para-hydroxylation sites is 3. The Bertz CT molecular complexity index is 4310. The number of benzene rings is 10. The van der Waals surface area contributed by atoms with Crippen molar-refractivity contribution in [1.29, 1.82) is 0 Å². The third-order valence-electron chi connectivity index (χ3n) is 15.9. The summed E-state index contributed by atoms with van der Waals surface area (Å²) in [6.07, 6.45) is 4.45. The number of rotatable bonds is 6. The monoisotopic (exact) mass is 897 g/mol. The van der Waals surface area contributed by atoms with Gasteiger partial charge in [-0.15, -0.1) is 0 Å². The number of hydrogen-bond donors (Lipinski definition) is 0. The van der Waals surface area contributed by atoms with Gasteiger partial charge in [-0.3, -0.25) is 0 Å². The second-order valence-corrected chi connectivity index (χ2v) is 19.3. The van der Waals surface area contributed by atoms with Gasteiger partial charge < -0.3 is 13.9 Å². The maximum absolute atomic E-state index is 13.7. The Kier molecular flexibility index (Phi) is 8.21. The molecule has 0 bridgehead atoms. The third-order valence-corrected chi connectivity index (χ3v) is 15.9. The quantitative estimate of drug-likeness (QED) is 0.162. The Morgan fingerprint density at radius 2 is 1.10 bits per heavy atom. The summed E-state index contributed by atoms with van der Waals surface area (Å²) in [7, 11) is 2.02. The molecule has 70 heavy (non-hydrogen) atoms. The molecule has 4 heteroatoms. The van der Waals surface area contributed by atoms with E-state index in [1.54, 1.807) is 0 Å². The Morgan fingerprint density at radius 1 is 0.486 bits per heavy atom. The van der Waals surface area contributed by atoms with E-state index in [2.05, 4.69) is 214 Å². The van der Waals surface area contributed by atoms with Crippen LogP contribution in [0.2, 0.25) is 0 Å². The highest BCUT2D eigenvalue weighted by Gasteiger charge is 2.48. The van der Waals surface area contributed by atoms with Crippen LogP contribution in [0.3, 0.4) is 0 Å². The summed E-state index contributed by atoms with van der Waals surface area (Å²) in [5, 5.41) is 10.3. The van der Waals surface area contributed by atoms with Gasteiger partial charge in [0.25, 0.3) is 0 Å². The number of fused-ring (bicyclic) bond motifs is 13. The average Bonchev–Trinajstić information content (AvgIpc) is 4.14. The SMILES string of the molecule is CN(c1ccc(F)cc1)c1ccc(-n2c3ccccc3c3cc(C4=CC5=C(CC4)c4cc6c(ccc7c6c6cccc8c9ccccc9n7c86)cc4C5(c4ccccc4)c4ccccc4)ccc32)cc1. The number of hydrogen-bond acceptors (Lipinski definition) is 1. The van der Waals surface area contributed by atoms with E-state index in [0.29, 0.717) is 0 Å². The molecule has 330 valence electrons. The van der Waals surface area contributed by atoms with Crippen LogP contribution in [0, 0.1) is 5.82 Å². The Hall–Kier alpha value is -8.73. The molecule has 0 N–H and O–H groups in total. The average molecular weight is 898 g/mol. The van der Waals surface area contributed by atoms with Crippen molar-refractivity contribution in [3.63, 3.8) is 0 Å². The van der Waals surface area contributed by atoms with Crippen LogP contribution in [0.25, 0.3) is 87.5 Å². The summed E-state index contributed by atoms with van der Waals surface area (Å²) in [6, 6.07) is 79.2. The van der Waals surface area contributed by atoms with Crippen molar-refractivity contribution in [2.24, 2.45) is 0 Å². The molecule has 3 nitrogen and oxygen atoms in total. The molecule has 0 atom stereocenters. The number of nitrogens with zero attached hydrogens (tertiary/aromatic N) is 3. The van der Waals surface area contributed by atoms with Crippen LogP contribution in [0.1, 0.15) is 40.7 Å². The van der Waals surface area contributed by atoms with E-state index in [-0.39, 0.29) is 5.82 Å². The van der Waals surface area contributed by atoms with E-state index in [4.69, 9.17) is 0 Å². The van der Waals surface area contributed by atoms with Crippen LogP contribution in [-0.4, -0.2) is 16.0 Å². The molecule has 0 aliphatic heterocycles. The van der Waals surface area contributed by atoms with Crippen LogP contribution in [0.4, 0.5) is 15.8 Å². The molecule has 2 aliphatic rings. The van der Waals surface area contributed by atoms with Crippen LogP contribution >= 0.6 is 0 Å². The highest BCUT2D eigenvalue weighted by atomic mass is 19.1. The predicted octanol–water partition coefficient (Wildman–Crippen LogP) is 17.0. The molecule has 0 saturated carbocycles. The summed E-state index contributed by atoms with van der Waals surface area (Å²) in [5.74, 6) is -0.235. The molecule has 15 rings (SSSR count). The Balaban J connectivity index is 0.922. The molecule has 10 aromatic carbocycles. The standard InChI is InChI=1S/C66H44FN3/c1-68(47-28-26-46(67)27-29-47)48-30-32-49(33-31-48)69-60-21-10-9-18-52(60)57-37-41(24-35-62(57)69)42-23-34-50-56-40-55-43(25-36-63-64(55)54-20-12-19-53-51-17-8-11-22-61(51)70(63)65(53)54)39-59(56)66(58(50)38-42,44-13-4-2-5-14-44)45-15-6-3-7-16-45/h2-22,24-33,35-40H,23,34H2,1H3. The lowest BCUT2D eigenvalue weighted by atomic mass is 9.65. The minimum Gasteiger partial charge on any atom is -0.345 e. The molecule has 3 heterocycles. The molecular weight excluding hydrogens is 854 g/mol. The second-order valence-electron chi connectivity index (χ2n) is 19.3. The topological polar surface area (TPSA) is 12.6 Å². The van der Waals surface area contributed by atoms with Gasteiger partial charge in [-0.05, 0) is 159 Å². The summed E-state index contributed by atoms with van der Waals surface area (Å²) in [6.45, 7) is 0. The zero-order valence-corrected chi connectivity index (χ0v) is 38.5. The van der Waals surface area contributed by atoms with Gasteiger partial charge >= 0.3 is 0 Å². The maximum atomic E-state index is 13.7. The van der Waals surface area contributed by atoms with Gasteiger partial charge in [0, 0.05) is 56.4 Å². The van der Waals surface area contributed by atoms with E-state index >= 15 is 0 Å². The predicted molar refractivity (Wildman–Crippen MR) is 291 cm³/mol. The third kappa shape index (κ3) is 5.33. The first-order valence-electron chi connectivity index (χ1n) is 24.4. The first-order valence-corrected chi connectivity index (χ1v) is 24.4. The summed E-state index contributed by atoms with van der Waals surface area (Å²) >= 11 is 0. The fourth-order valence-corrected chi connectivity index (χ4v) is 12.8. The van der Waals surface area contributed by atoms with E-state index in [9.17, 15) is 4.39 Å². The molecule has 2 aliphatic carbocycles. The van der Waals surface area contributed by atoms with E-state index < -0.39 is 5.41 Å². The molecule has 0 unspecified atom stereocenters. The number of anilines is 2. The summed E-state index contributed by atoms with van der Waals surface area (Å²) < 4.78 is 18.6. The minimum absolute atomic E-state index is 0.235. The van der Waals surface area contributed by atoms with Crippen LogP contribution < -0.4 is 4.90 Å². The second kappa shape index (κ2) is 14.6. The molecule has 0 saturated heterocycles. The van der Waals surface area contributed by atoms with Gasteiger partial charge in [0.15, 0.2) is 0 Å². The highest BCUT2D eigenvalue weighted by molar-refractivity contribution is 6.29. The van der Waals surface area contributed by atoms with Gasteiger partial charge in [0.1, 0.15) is 5.82 Å². The van der Waals surface area contributed by atoms with E-state index in [1.165, 1.54) is 127 Å². The van der Waals surface area contributed by atoms with Gasteiger partial charge in [-0.25, -0.2) is 4.39 Å². The molecule has 13 aromatic rings. The summed E-state index contributed by atoms with van der Waals surface area (Å²) in [5.41, 5.74) is 19.4. The van der Waals surface area contributed by atoms with Crippen molar-refractivity contribution in [2.45, 2.75) is 18.3 Å². The molecule has 0 radical (unpaired) electrons. The lowest BCUT2D eigenvalue weighted by Crippen LogP contribution is -2.29. The minimum atomic E-state index is -0.523. The fraction of sp³-hybridized carbons (Fsp3) is 0.0606. The maximum Gasteiger partial charge on any atom is 0.123 e. The smallest absolute Gasteiger partial charge is 0.123 e. The van der Waals surface area contributed by atoms with Crippen molar-refractivity contribution in [2.75, 3.05) is 11.9 Å². The Labute approximate surface area is 404 Å². The molecular formula is C66H44FN3. The van der Waals surface area contributed by atoms with Crippen molar-refractivity contribution in [1.82, 2.24) is 8.97 Å². The number of halogens is 1. The fourth-order valence-electron chi connectivity index (χ4n) is 12.8. The highest BCUT2D eigenvalue weighted by Crippen LogP contribution is 2.59. The zero-order valence-electron chi connectivity index (χ0n) is 38.5. The van der Waals surface area contributed by atoms with Crippen LogP contribution in [-0.2, 0) is 5.41 Å². The van der Waals surface area contributed by atoms with Crippen molar-refractivity contribution in [3.05, 3.63) is 264 Å². The van der Waals surface area contributed by atoms with Gasteiger partial charge in [-0.1, -0.05) is 133 Å². The van der Waals surface area contributed by atoms with Gasteiger partial charge in [-0.2, -0.15) is 0 Å². The lowest BCUT2D eigenvalue weighted by molar-refractivity contribution is 0.628. The molecule has 0 fully saturated rings. The van der Waals surface area contributed by atoms with Crippen molar-refractivity contribution >= 4 is 93.2 Å². The van der Waals surface area contributed by atoms with E-state index in [1.807, 2.05) is 19.2 Å². The largest absolute Gasteiger partial charge is 0.345 e. The van der Waals surface area contributed by atoms with Crippen LogP contribution in [0.5, 0.6) is 0 Å². The van der Waals surface area contributed by atoms with Gasteiger partial charge in [0.05, 0.1) is 33.0 Å². The van der Waals surface area contributed by atoms with Crippen molar-refractivity contribution < 1.29 is 4.39 Å². The van der Waals surface area contributed by atoms with Gasteiger partial charge in [0.2, 0.25) is 0 Å². The molecule has 0 amide bonds. The Morgan fingerprint density at radius 3 is 1.84 bits per heavy atom. The number of aromatic nitrogens is 2. The van der Waals surface area contributed by atoms with Crippen LogP contribution in [0.15, 0.2) is 230 Å². The first kappa shape index (κ1) is 39.3. The van der Waals surface area contributed by atoms with Crippen molar-refractivity contribution in [3.8, 4) is 5.69 Å². The van der Waals surface area contributed by atoms with E-state index in [0.717, 1.165) is 29.9 Å². The normalized spacial score (nSPS) is 14.5.